The summed E-state index contributed by atoms with van der Waals surface area (Å²) in [5, 5.41) is 9.19. The fourth-order valence-corrected chi connectivity index (χ4v) is 3.53. The Kier molecular flexibility index (Phi) is 3.08. The van der Waals surface area contributed by atoms with Crippen molar-refractivity contribution < 1.29 is 24.2 Å². The van der Waals surface area contributed by atoms with E-state index in [1.54, 1.807) is 19.2 Å². The van der Waals surface area contributed by atoms with Crippen LogP contribution in [0.3, 0.4) is 0 Å². The van der Waals surface area contributed by atoms with Crippen molar-refractivity contribution >= 4 is 17.5 Å². The molecular formula is C16H16O5. The van der Waals surface area contributed by atoms with Gasteiger partial charge >= 0.3 is 5.97 Å². The number of ketones is 2. The number of carboxylic acid groups (broad SMARTS) is 1. The molecule has 5 nitrogen and oxygen atoms in total. The highest BCUT2D eigenvalue weighted by Crippen LogP contribution is 2.48. The average molecular weight is 288 g/mol. The van der Waals surface area contributed by atoms with Crippen molar-refractivity contribution in [2.75, 3.05) is 7.11 Å². The summed E-state index contributed by atoms with van der Waals surface area (Å²) >= 11 is 0. The van der Waals surface area contributed by atoms with Crippen LogP contribution in [-0.4, -0.2) is 29.8 Å². The van der Waals surface area contributed by atoms with Crippen molar-refractivity contribution in [2.24, 2.45) is 11.3 Å². The predicted octanol–water partition coefficient (Wildman–Crippen LogP) is 1.87. The third-order valence-corrected chi connectivity index (χ3v) is 4.70. The number of carboxylic acids is 1. The lowest BCUT2D eigenvalue weighted by molar-refractivity contribution is -0.149. The second-order valence-corrected chi connectivity index (χ2v) is 5.87. The summed E-state index contributed by atoms with van der Waals surface area (Å²) < 4.78 is 5.17. The molecule has 0 heterocycles. The Morgan fingerprint density at radius 2 is 2.14 bits per heavy atom. The normalized spacial score (nSPS) is 27.8. The molecule has 3 rings (SSSR count). The van der Waals surface area contributed by atoms with Crippen LogP contribution in [0.25, 0.3) is 0 Å². The fraction of sp³-hybridized carbons (Fsp3) is 0.438. The number of hydrogen-bond donors (Lipinski definition) is 1. The van der Waals surface area contributed by atoms with Gasteiger partial charge in [-0.05, 0) is 43.0 Å². The van der Waals surface area contributed by atoms with E-state index >= 15 is 0 Å². The van der Waals surface area contributed by atoms with Crippen LogP contribution in [0.4, 0.5) is 0 Å². The lowest BCUT2D eigenvalue weighted by Gasteiger charge is -2.34. The maximum absolute atomic E-state index is 12.7. The van der Waals surface area contributed by atoms with Crippen LogP contribution in [0.2, 0.25) is 0 Å². The lowest BCUT2D eigenvalue weighted by atomic mass is 9.67. The smallest absolute Gasteiger partial charge is 0.314 e. The number of fused-ring (bicyclic) bond motifs is 1. The Morgan fingerprint density at radius 1 is 1.38 bits per heavy atom. The van der Waals surface area contributed by atoms with Crippen LogP contribution in [0.5, 0.6) is 5.75 Å². The first kappa shape index (κ1) is 13.8. The second-order valence-electron chi connectivity index (χ2n) is 5.87. The molecule has 0 unspecified atom stereocenters. The molecule has 5 heteroatoms. The van der Waals surface area contributed by atoms with Gasteiger partial charge in [0.2, 0.25) is 0 Å². The van der Waals surface area contributed by atoms with Crippen LogP contribution in [0.1, 0.15) is 35.2 Å². The highest BCUT2D eigenvalue weighted by molar-refractivity contribution is 6.08. The molecule has 2 aliphatic rings. The SMILES string of the molecule is COc1ccc2c(c1)C[C@@]1(CCC(=O)[C@@H](C(=O)O)C1)C2=O. The Hall–Kier alpha value is -2.17. The zero-order chi connectivity index (χ0) is 15.2. The third-order valence-electron chi connectivity index (χ3n) is 4.70. The topological polar surface area (TPSA) is 80.7 Å². The van der Waals surface area contributed by atoms with Crippen molar-refractivity contribution in [2.45, 2.75) is 25.7 Å². The van der Waals surface area contributed by atoms with Crippen LogP contribution in [-0.2, 0) is 16.0 Å². The standard InChI is InChI=1S/C16H16O5/c1-21-10-2-3-11-9(6-10)7-16(14(11)18)5-4-13(17)12(8-16)15(19)20/h2-3,6,12H,4-5,7-8H2,1H3,(H,19,20)/t12-,16+/m0/s1. The van der Waals surface area contributed by atoms with Crippen LogP contribution in [0.15, 0.2) is 18.2 Å². The van der Waals surface area contributed by atoms with Crippen molar-refractivity contribution in [1.82, 2.24) is 0 Å². The summed E-state index contributed by atoms with van der Waals surface area (Å²) in [6.07, 6.45) is 1.20. The van der Waals surface area contributed by atoms with Gasteiger partial charge in [0, 0.05) is 17.4 Å². The molecule has 1 spiro atoms. The van der Waals surface area contributed by atoms with Gasteiger partial charge in [-0.2, -0.15) is 0 Å². The molecule has 0 bridgehead atoms. The van der Waals surface area contributed by atoms with Gasteiger partial charge in [0.15, 0.2) is 5.78 Å². The summed E-state index contributed by atoms with van der Waals surface area (Å²) in [6, 6.07) is 5.30. The van der Waals surface area contributed by atoms with E-state index in [2.05, 4.69) is 0 Å². The Morgan fingerprint density at radius 3 is 2.81 bits per heavy atom. The number of benzene rings is 1. The number of carbonyl (C=O) groups excluding carboxylic acids is 2. The van der Waals surface area contributed by atoms with E-state index in [9.17, 15) is 19.5 Å². The molecule has 2 atom stereocenters. The zero-order valence-corrected chi connectivity index (χ0v) is 11.7. The van der Waals surface area contributed by atoms with Gasteiger partial charge in [0.05, 0.1) is 7.11 Å². The molecule has 1 aromatic rings. The molecule has 21 heavy (non-hydrogen) atoms. The summed E-state index contributed by atoms with van der Waals surface area (Å²) in [7, 11) is 1.56. The predicted molar refractivity (Wildman–Crippen MR) is 73.4 cm³/mol. The highest BCUT2D eigenvalue weighted by Gasteiger charge is 2.51. The molecule has 0 aromatic heterocycles. The summed E-state index contributed by atoms with van der Waals surface area (Å²) in [5.41, 5.74) is 0.790. The van der Waals surface area contributed by atoms with E-state index in [1.165, 1.54) is 0 Å². The number of aliphatic carboxylic acids is 1. The maximum Gasteiger partial charge on any atom is 0.314 e. The summed E-state index contributed by atoms with van der Waals surface area (Å²) in [4.78, 5) is 35.7. The van der Waals surface area contributed by atoms with Gasteiger partial charge < -0.3 is 9.84 Å². The number of ether oxygens (including phenoxy) is 1. The maximum atomic E-state index is 12.7. The highest BCUT2D eigenvalue weighted by atomic mass is 16.5. The van der Waals surface area contributed by atoms with E-state index < -0.39 is 17.3 Å². The van der Waals surface area contributed by atoms with Gasteiger partial charge in [0.1, 0.15) is 17.5 Å². The molecule has 0 radical (unpaired) electrons. The van der Waals surface area contributed by atoms with Crippen molar-refractivity contribution in [3.63, 3.8) is 0 Å². The molecular weight excluding hydrogens is 272 g/mol. The van der Waals surface area contributed by atoms with E-state index in [0.29, 0.717) is 24.2 Å². The van der Waals surface area contributed by atoms with Gasteiger partial charge in [0.25, 0.3) is 0 Å². The first-order valence-corrected chi connectivity index (χ1v) is 6.94. The zero-order valence-electron chi connectivity index (χ0n) is 11.7. The monoisotopic (exact) mass is 288 g/mol. The fourth-order valence-electron chi connectivity index (χ4n) is 3.53. The molecule has 2 aliphatic carbocycles. The van der Waals surface area contributed by atoms with E-state index in [4.69, 9.17) is 4.74 Å². The molecule has 1 fully saturated rings. The summed E-state index contributed by atoms with van der Waals surface area (Å²) in [5.74, 6) is -1.80. The molecule has 0 amide bonds. The van der Waals surface area contributed by atoms with Crippen molar-refractivity contribution in [3.8, 4) is 5.75 Å². The largest absolute Gasteiger partial charge is 0.497 e. The lowest BCUT2D eigenvalue weighted by Crippen LogP contribution is -2.41. The average Bonchev–Trinajstić information content (AvgIpc) is 2.73. The minimum absolute atomic E-state index is 0.0288. The Labute approximate surface area is 121 Å². The molecule has 0 saturated heterocycles. The van der Waals surface area contributed by atoms with Crippen molar-refractivity contribution in [1.29, 1.82) is 0 Å². The second kappa shape index (κ2) is 4.69. The van der Waals surface area contributed by atoms with Crippen LogP contribution < -0.4 is 4.74 Å². The summed E-state index contributed by atoms with van der Waals surface area (Å²) in [6.45, 7) is 0. The molecule has 1 N–H and O–H groups in total. The van der Waals surface area contributed by atoms with E-state index in [1.807, 2.05) is 6.07 Å². The number of methoxy groups -OCH3 is 1. The number of rotatable bonds is 2. The van der Waals surface area contributed by atoms with Crippen LogP contribution >= 0.6 is 0 Å². The molecule has 1 aromatic carbocycles. The van der Waals surface area contributed by atoms with Crippen LogP contribution in [0, 0.1) is 11.3 Å². The third kappa shape index (κ3) is 2.04. The van der Waals surface area contributed by atoms with Gasteiger partial charge in [-0.3, -0.25) is 14.4 Å². The van der Waals surface area contributed by atoms with E-state index in [0.717, 1.165) is 5.56 Å². The van der Waals surface area contributed by atoms with Gasteiger partial charge in [-0.1, -0.05) is 0 Å². The molecule has 1 saturated carbocycles. The van der Waals surface area contributed by atoms with Gasteiger partial charge in [-0.25, -0.2) is 0 Å². The number of carbonyl (C=O) groups is 3. The molecule has 0 aliphatic heterocycles. The first-order valence-electron chi connectivity index (χ1n) is 6.94. The first-order chi connectivity index (χ1) is 9.97. The number of hydrogen-bond acceptors (Lipinski definition) is 4. The number of Topliss-reactive ketones (excluding diaryl/α,β-unsaturated/α-hetero) is 2. The van der Waals surface area contributed by atoms with Crippen molar-refractivity contribution in [3.05, 3.63) is 29.3 Å². The minimum Gasteiger partial charge on any atom is -0.497 e. The van der Waals surface area contributed by atoms with Gasteiger partial charge in [-0.15, -0.1) is 0 Å². The Bertz CT molecular complexity index is 648. The Balaban J connectivity index is 1.96. The van der Waals surface area contributed by atoms with E-state index in [-0.39, 0.29) is 24.4 Å². The molecule has 110 valence electrons. The minimum atomic E-state index is -1.12. The quantitative estimate of drug-likeness (QED) is 0.840.